The van der Waals surface area contributed by atoms with Gasteiger partial charge in [-0.15, -0.1) is 0 Å². The average molecular weight is 258 g/mol. The Balaban J connectivity index is 1.84. The van der Waals surface area contributed by atoms with Gasteiger partial charge in [0.25, 0.3) is 0 Å². The fourth-order valence-electron chi connectivity index (χ4n) is 1.96. The van der Waals surface area contributed by atoms with Crippen molar-refractivity contribution in [1.29, 1.82) is 0 Å². The molecule has 1 aliphatic rings. The fraction of sp³-hybridized carbons (Fsp3) is 0.750. The predicted molar refractivity (Wildman–Crippen MR) is 68.3 cm³/mol. The first-order chi connectivity index (χ1) is 8.29. The Kier molecular flexibility index (Phi) is 4.83. The molecule has 0 aliphatic carbocycles. The second-order valence-electron chi connectivity index (χ2n) is 4.50. The Labute approximate surface area is 107 Å². The van der Waals surface area contributed by atoms with Gasteiger partial charge in [0.1, 0.15) is 5.82 Å². The molecule has 0 aromatic carbocycles. The quantitative estimate of drug-likeness (QED) is 0.822. The standard InChI is InChI=1S/C12H20ClN3O/c1-2-3-4-11-15-10(12(13)16-11)7-14-9-5-6-17-8-9/h9,14H,2-8H2,1H3,(H,15,16). The second kappa shape index (κ2) is 6.38. The molecule has 2 heterocycles. The Hall–Kier alpha value is -0.580. The number of ether oxygens (including phenoxy) is 1. The van der Waals surface area contributed by atoms with E-state index in [0.29, 0.717) is 11.2 Å². The van der Waals surface area contributed by atoms with Crippen molar-refractivity contribution >= 4 is 11.6 Å². The van der Waals surface area contributed by atoms with Gasteiger partial charge in [-0.05, 0) is 12.8 Å². The van der Waals surface area contributed by atoms with Crippen LogP contribution in [0.4, 0.5) is 0 Å². The number of nitrogens with zero attached hydrogens (tertiary/aromatic N) is 1. The van der Waals surface area contributed by atoms with Crippen LogP contribution in [0.5, 0.6) is 0 Å². The summed E-state index contributed by atoms with van der Waals surface area (Å²) in [5.41, 5.74) is 0.990. The summed E-state index contributed by atoms with van der Waals surface area (Å²) >= 11 is 6.10. The van der Waals surface area contributed by atoms with Crippen molar-refractivity contribution in [2.45, 2.75) is 45.2 Å². The van der Waals surface area contributed by atoms with Gasteiger partial charge in [-0.2, -0.15) is 0 Å². The van der Waals surface area contributed by atoms with Crippen LogP contribution >= 0.6 is 11.6 Å². The van der Waals surface area contributed by atoms with E-state index in [1.165, 1.54) is 6.42 Å². The van der Waals surface area contributed by atoms with Crippen LogP contribution in [0.3, 0.4) is 0 Å². The number of hydrogen-bond acceptors (Lipinski definition) is 3. The maximum absolute atomic E-state index is 6.10. The number of hydrogen-bond donors (Lipinski definition) is 2. The molecule has 0 radical (unpaired) electrons. The van der Waals surface area contributed by atoms with Gasteiger partial charge in [-0.1, -0.05) is 24.9 Å². The van der Waals surface area contributed by atoms with Crippen molar-refractivity contribution in [2.75, 3.05) is 13.2 Å². The molecule has 2 N–H and O–H groups in total. The molecule has 1 atom stereocenters. The first kappa shape index (κ1) is 12.9. The number of unbranched alkanes of at least 4 members (excludes halogenated alkanes) is 1. The second-order valence-corrected chi connectivity index (χ2v) is 4.86. The molecule has 1 aromatic rings. The Morgan fingerprint density at radius 2 is 2.47 bits per heavy atom. The Bertz CT molecular complexity index is 348. The topological polar surface area (TPSA) is 49.9 Å². The van der Waals surface area contributed by atoms with E-state index in [-0.39, 0.29) is 0 Å². The van der Waals surface area contributed by atoms with Gasteiger partial charge in [0.2, 0.25) is 0 Å². The summed E-state index contributed by atoms with van der Waals surface area (Å²) in [6.45, 7) is 4.57. The van der Waals surface area contributed by atoms with Crippen LogP contribution in [0.15, 0.2) is 0 Å². The lowest BCUT2D eigenvalue weighted by Gasteiger charge is -2.08. The molecule has 0 saturated carbocycles. The molecule has 17 heavy (non-hydrogen) atoms. The van der Waals surface area contributed by atoms with Crippen LogP contribution in [-0.4, -0.2) is 29.2 Å². The molecule has 96 valence electrons. The zero-order valence-corrected chi connectivity index (χ0v) is 11.0. The van der Waals surface area contributed by atoms with E-state index in [1.807, 2.05) is 0 Å². The van der Waals surface area contributed by atoms with Gasteiger partial charge >= 0.3 is 0 Å². The van der Waals surface area contributed by atoms with Crippen molar-refractivity contribution in [2.24, 2.45) is 0 Å². The highest BCUT2D eigenvalue weighted by molar-refractivity contribution is 6.30. The zero-order chi connectivity index (χ0) is 12.1. The number of rotatable bonds is 6. The van der Waals surface area contributed by atoms with Crippen molar-refractivity contribution in [1.82, 2.24) is 15.3 Å². The van der Waals surface area contributed by atoms with Crippen LogP contribution in [0, 0.1) is 0 Å². The maximum Gasteiger partial charge on any atom is 0.151 e. The van der Waals surface area contributed by atoms with E-state index in [1.54, 1.807) is 0 Å². The third-order valence-electron chi connectivity index (χ3n) is 3.04. The summed E-state index contributed by atoms with van der Waals surface area (Å²) in [5.74, 6) is 0.997. The summed E-state index contributed by atoms with van der Waals surface area (Å²) in [4.78, 5) is 7.63. The van der Waals surface area contributed by atoms with Gasteiger partial charge in [-0.25, -0.2) is 4.98 Å². The van der Waals surface area contributed by atoms with E-state index >= 15 is 0 Å². The van der Waals surface area contributed by atoms with Crippen molar-refractivity contribution in [3.8, 4) is 0 Å². The van der Waals surface area contributed by atoms with Crippen LogP contribution in [-0.2, 0) is 17.7 Å². The molecule has 1 fully saturated rings. The number of imidazole rings is 1. The van der Waals surface area contributed by atoms with Gasteiger partial charge < -0.3 is 15.0 Å². The van der Waals surface area contributed by atoms with Gasteiger partial charge in [0.05, 0.1) is 12.3 Å². The van der Waals surface area contributed by atoms with E-state index in [4.69, 9.17) is 16.3 Å². The monoisotopic (exact) mass is 257 g/mol. The average Bonchev–Trinajstić information content (AvgIpc) is 2.93. The summed E-state index contributed by atoms with van der Waals surface area (Å²) in [7, 11) is 0. The zero-order valence-electron chi connectivity index (χ0n) is 10.3. The molecule has 1 unspecified atom stereocenters. The predicted octanol–water partition coefficient (Wildman–Crippen LogP) is 2.28. The van der Waals surface area contributed by atoms with Crippen LogP contribution < -0.4 is 5.32 Å². The molecular weight excluding hydrogens is 238 g/mol. The lowest BCUT2D eigenvalue weighted by atomic mass is 10.2. The Morgan fingerprint density at radius 3 is 3.18 bits per heavy atom. The third-order valence-corrected chi connectivity index (χ3v) is 3.35. The highest BCUT2D eigenvalue weighted by atomic mass is 35.5. The minimum atomic E-state index is 0.452. The summed E-state index contributed by atoms with van der Waals surface area (Å²) in [6.07, 6.45) is 4.37. The molecular formula is C12H20ClN3O. The smallest absolute Gasteiger partial charge is 0.151 e. The largest absolute Gasteiger partial charge is 0.380 e. The number of H-pyrrole nitrogens is 1. The minimum Gasteiger partial charge on any atom is -0.380 e. The van der Waals surface area contributed by atoms with Gasteiger partial charge in [0.15, 0.2) is 5.15 Å². The first-order valence-corrected chi connectivity index (χ1v) is 6.71. The highest BCUT2D eigenvalue weighted by Crippen LogP contribution is 2.15. The molecule has 1 aromatic heterocycles. The van der Waals surface area contributed by atoms with E-state index in [2.05, 4.69) is 22.2 Å². The lowest BCUT2D eigenvalue weighted by Crippen LogP contribution is -2.28. The van der Waals surface area contributed by atoms with E-state index in [0.717, 1.165) is 50.5 Å². The number of aromatic nitrogens is 2. The van der Waals surface area contributed by atoms with E-state index in [9.17, 15) is 0 Å². The number of halogens is 1. The van der Waals surface area contributed by atoms with Gasteiger partial charge in [-0.3, -0.25) is 0 Å². The molecule has 1 aliphatic heterocycles. The third kappa shape index (κ3) is 3.69. The molecule has 4 nitrogen and oxygen atoms in total. The molecule has 0 amide bonds. The fourth-order valence-corrected chi connectivity index (χ4v) is 2.18. The maximum atomic E-state index is 6.10. The molecule has 1 saturated heterocycles. The Morgan fingerprint density at radius 1 is 1.59 bits per heavy atom. The molecule has 2 rings (SSSR count). The highest BCUT2D eigenvalue weighted by Gasteiger charge is 2.16. The SMILES string of the molecule is CCCCc1nc(Cl)c(CNC2CCOC2)[nH]1. The lowest BCUT2D eigenvalue weighted by molar-refractivity contribution is 0.189. The number of aromatic amines is 1. The van der Waals surface area contributed by atoms with Crippen molar-refractivity contribution in [3.05, 3.63) is 16.7 Å². The van der Waals surface area contributed by atoms with Crippen LogP contribution in [0.25, 0.3) is 0 Å². The number of nitrogens with one attached hydrogen (secondary N) is 2. The first-order valence-electron chi connectivity index (χ1n) is 6.34. The van der Waals surface area contributed by atoms with Crippen molar-refractivity contribution < 1.29 is 4.74 Å². The number of aryl methyl sites for hydroxylation is 1. The molecule has 0 spiro atoms. The summed E-state index contributed by atoms with van der Waals surface area (Å²) in [5, 5.41) is 4.03. The van der Waals surface area contributed by atoms with Crippen LogP contribution in [0.2, 0.25) is 5.15 Å². The minimum absolute atomic E-state index is 0.452. The van der Waals surface area contributed by atoms with Gasteiger partial charge in [0, 0.05) is 25.6 Å². The van der Waals surface area contributed by atoms with Crippen LogP contribution in [0.1, 0.15) is 37.7 Å². The van der Waals surface area contributed by atoms with E-state index < -0.39 is 0 Å². The molecule has 0 bridgehead atoms. The summed E-state index contributed by atoms with van der Waals surface area (Å²) in [6, 6.07) is 0.452. The summed E-state index contributed by atoms with van der Waals surface area (Å²) < 4.78 is 5.31. The molecule has 5 heteroatoms. The van der Waals surface area contributed by atoms with Crippen molar-refractivity contribution in [3.63, 3.8) is 0 Å². The normalized spacial score (nSPS) is 20.0.